The van der Waals surface area contributed by atoms with Crippen LogP contribution >= 0.6 is 0 Å². The summed E-state index contributed by atoms with van der Waals surface area (Å²) in [5.41, 5.74) is 2.41. The molecular formula is C10H16N2O. The quantitative estimate of drug-likeness (QED) is 0.746. The van der Waals surface area contributed by atoms with Crippen LogP contribution in [0, 0.1) is 0 Å². The van der Waals surface area contributed by atoms with E-state index in [-0.39, 0.29) is 6.61 Å². The smallest absolute Gasteiger partial charge is 0.132 e. The normalized spacial score (nSPS) is 16.9. The fourth-order valence-corrected chi connectivity index (χ4v) is 1.65. The van der Waals surface area contributed by atoms with Crippen molar-refractivity contribution in [1.82, 2.24) is 9.97 Å². The third-order valence-corrected chi connectivity index (χ3v) is 2.49. The van der Waals surface area contributed by atoms with E-state index in [2.05, 4.69) is 23.8 Å². The third kappa shape index (κ3) is 1.61. The van der Waals surface area contributed by atoms with Crippen molar-refractivity contribution in [3.05, 3.63) is 17.2 Å². The van der Waals surface area contributed by atoms with Crippen LogP contribution in [0.3, 0.4) is 0 Å². The Labute approximate surface area is 78.2 Å². The van der Waals surface area contributed by atoms with Crippen LogP contribution in [0.25, 0.3) is 0 Å². The topological polar surface area (TPSA) is 48.9 Å². The van der Waals surface area contributed by atoms with E-state index >= 15 is 0 Å². The molecule has 3 heteroatoms. The standard InChI is InChI=1S/C10H16N2O/c1-6(2)9-10(7-3-4-7)12-8(5-13)11-9/h6-7,13H,3-5H2,1-2H3,(H,11,12). The van der Waals surface area contributed by atoms with Crippen LogP contribution in [-0.4, -0.2) is 15.1 Å². The maximum Gasteiger partial charge on any atom is 0.132 e. The Morgan fingerprint density at radius 1 is 1.54 bits per heavy atom. The van der Waals surface area contributed by atoms with Gasteiger partial charge in [-0.25, -0.2) is 4.98 Å². The number of aromatic amines is 1. The van der Waals surface area contributed by atoms with E-state index in [0.29, 0.717) is 17.7 Å². The van der Waals surface area contributed by atoms with Gasteiger partial charge in [0.2, 0.25) is 0 Å². The summed E-state index contributed by atoms with van der Waals surface area (Å²) in [7, 11) is 0. The molecule has 2 N–H and O–H groups in total. The Morgan fingerprint density at radius 2 is 2.23 bits per heavy atom. The molecule has 13 heavy (non-hydrogen) atoms. The highest BCUT2D eigenvalue weighted by Crippen LogP contribution is 2.42. The van der Waals surface area contributed by atoms with Crippen LogP contribution in [-0.2, 0) is 6.61 Å². The lowest BCUT2D eigenvalue weighted by Gasteiger charge is -2.02. The summed E-state index contributed by atoms with van der Waals surface area (Å²) in [5.74, 6) is 1.85. The fraction of sp³-hybridized carbons (Fsp3) is 0.700. The lowest BCUT2D eigenvalue weighted by Crippen LogP contribution is -1.93. The molecule has 72 valence electrons. The van der Waals surface area contributed by atoms with E-state index in [1.165, 1.54) is 18.5 Å². The number of hydrogen-bond donors (Lipinski definition) is 2. The molecule has 0 radical (unpaired) electrons. The van der Waals surface area contributed by atoms with Crippen molar-refractivity contribution in [2.45, 2.75) is 45.1 Å². The van der Waals surface area contributed by atoms with Crippen LogP contribution in [0.4, 0.5) is 0 Å². The maximum atomic E-state index is 8.97. The molecule has 1 aromatic heterocycles. The second-order valence-corrected chi connectivity index (χ2v) is 4.07. The molecule has 1 fully saturated rings. The van der Waals surface area contributed by atoms with E-state index in [0.717, 1.165) is 5.69 Å². The Bertz CT molecular complexity index is 280. The minimum absolute atomic E-state index is 0.0203. The predicted octanol–water partition coefficient (Wildman–Crippen LogP) is 1.90. The number of nitrogens with one attached hydrogen (secondary N) is 1. The van der Waals surface area contributed by atoms with Crippen LogP contribution < -0.4 is 0 Å². The van der Waals surface area contributed by atoms with Crippen molar-refractivity contribution in [3.8, 4) is 0 Å². The van der Waals surface area contributed by atoms with Gasteiger partial charge >= 0.3 is 0 Å². The molecule has 0 unspecified atom stereocenters. The first-order valence-electron chi connectivity index (χ1n) is 4.92. The summed E-state index contributed by atoms with van der Waals surface area (Å²) < 4.78 is 0. The summed E-state index contributed by atoms with van der Waals surface area (Å²) in [6, 6.07) is 0. The lowest BCUT2D eigenvalue weighted by atomic mass is 10.1. The summed E-state index contributed by atoms with van der Waals surface area (Å²) >= 11 is 0. The number of nitrogens with zero attached hydrogens (tertiary/aromatic N) is 1. The van der Waals surface area contributed by atoms with Gasteiger partial charge in [-0.2, -0.15) is 0 Å². The molecular weight excluding hydrogens is 164 g/mol. The van der Waals surface area contributed by atoms with Gasteiger partial charge in [0, 0.05) is 11.6 Å². The number of hydrogen-bond acceptors (Lipinski definition) is 2. The van der Waals surface area contributed by atoms with Gasteiger partial charge in [-0.3, -0.25) is 0 Å². The van der Waals surface area contributed by atoms with Gasteiger partial charge in [-0.05, 0) is 18.8 Å². The lowest BCUT2D eigenvalue weighted by molar-refractivity contribution is 0.272. The second-order valence-electron chi connectivity index (χ2n) is 4.07. The molecule has 3 nitrogen and oxygen atoms in total. The Balaban J connectivity index is 2.33. The number of aromatic nitrogens is 2. The van der Waals surface area contributed by atoms with E-state index in [1.807, 2.05) is 0 Å². The minimum atomic E-state index is 0.0203. The van der Waals surface area contributed by atoms with Gasteiger partial charge < -0.3 is 10.1 Å². The van der Waals surface area contributed by atoms with Gasteiger partial charge in [-0.1, -0.05) is 13.8 Å². The van der Waals surface area contributed by atoms with Gasteiger partial charge in [0.1, 0.15) is 12.4 Å². The van der Waals surface area contributed by atoms with Crippen molar-refractivity contribution < 1.29 is 5.11 Å². The zero-order valence-electron chi connectivity index (χ0n) is 8.17. The van der Waals surface area contributed by atoms with Crippen molar-refractivity contribution in [3.63, 3.8) is 0 Å². The van der Waals surface area contributed by atoms with E-state index in [9.17, 15) is 0 Å². The van der Waals surface area contributed by atoms with Crippen molar-refractivity contribution in [2.24, 2.45) is 0 Å². The zero-order valence-corrected chi connectivity index (χ0v) is 8.17. The second kappa shape index (κ2) is 3.14. The number of imidazole rings is 1. The summed E-state index contributed by atoms with van der Waals surface area (Å²) in [6.45, 7) is 4.30. The Hall–Kier alpha value is -0.830. The molecule has 0 atom stereocenters. The first-order chi connectivity index (χ1) is 6.22. The Kier molecular flexibility index (Phi) is 2.12. The highest BCUT2D eigenvalue weighted by atomic mass is 16.3. The number of H-pyrrole nitrogens is 1. The molecule has 1 aromatic rings. The highest BCUT2D eigenvalue weighted by Gasteiger charge is 2.29. The van der Waals surface area contributed by atoms with Crippen LogP contribution in [0.1, 0.15) is 55.7 Å². The molecule has 0 saturated heterocycles. The molecule has 1 saturated carbocycles. The largest absolute Gasteiger partial charge is 0.388 e. The van der Waals surface area contributed by atoms with E-state index < -0.39 is 0 Å². The van der Waals surface area contributed by atoms with Gasteiger partial charge in [0.15, 0.2) is 0 Å². The minimum Gasteiger partial charge on any atom is -0.388 e. The molecule has 1 aliphatic carbocycles. The summed E-state index contributed by atoms with van der Waals surface area (Å²) in [5, 5.41) is 8.97. The third-order valence-electron chi connectivity index (χ3n) is 2.49. The van der Waals surface area contributed by atoms with Crippen LogP contribution in [0.15, 0.2) is 0 Å². The highest BCUT2D eigenvalue weighted by molar-refractivity contribution is 5.25. The average Bonchev–Trinajstić information content (AvgIpc) is 2.84. The van der Waals surface area contributed by atoms with Gasteiger partial charge in [0.25, 0.3) is 0 Å². The molecule has 0 aliphatic heterocycles. The number of aliphatic hydroxyl groups is 1. The molecule has 0 bridgehead atoms. The maximum absolute atomic E-state index is 8.97. The molecule has 0 amide bonds. The van der Waals surface area contributed by atoms with E-state index in [1.54, 1.807) is 0 Å². The van der Waals surface area contributed by atoms with Crippen molar-refractivity contribution >= 4 is 0 Å². The molecule has 2 rings (SSSR count). The summed E-state index contributed by atoms with van der Waals surface area (Å²) in [4.78, 5) is 7.60. The van der Waals surface area contributed by atoms with Crippen LogP contribution in [0.5, 0.6) is 0 Å². The number of aliphatic hydroxyl groups excluding tert-OH is 1. The average molecular weight is 180 g/mol. The first kappa shape index (κ1) is 8.75. The zero-order chi connectivity index (χ0) is 9.42. The van der Waals surface area contributed by atoms with Crippen LogP contribution in [0.2, 0.25) is 0 Å². The van der Waals surface area contributed by atoms with Gasteiger partial charge in [-0.15, -0.1) is 0 Å². The predicted molar refractivity (Wildman–Crippen MR) is 50.6 cm³/mol. The van der Waals surface area contributed by atoms with Crippen molar-refractivity contribution in [1.29, 1.82) is 0 Å². The van der Waals surface area contributed by atoms with Gasteiger partial charge in [0.05, 0.1) is 5.69 Å². The molecule has 0 aromatic carbocycles. The molecule has 1 aliphatic rings. The van der Waals surface area contributed by atoms with E-state index in [4.69, 9.17) is 5.11 Å². The number of rotatable bonds is 3. The summed E-state index contributed by atoms with van der Waals surface area (Å²) in [6.07, 6.45) is 2.54. The van der Waals surface area contributed by atoms with Crippen molar-refractivity contribution in [2.75, 3.05) is 0 Å². The molecule has 0 spiro atoms. The molecule has 1 heterocycles. The fourth-order valence-electron chi connectivity index (χ4n) is 1.65. The monoisotopic (exact) mass is 180 g/mol. The Morgan fingerprint density at radius 3 is 2.69 bits per heavy atom. The SMILES string of the molecule is CC(C)c1nc(CO)[nH]c1C1CC1. The first-order valence-corrected chi connectivity index (χ1v) is 4.92.